The van der Waals surface area contributed by atoms with Crippen LogP contribution in [0.5, 0.6) is 0 Å². The van der Waals surface area contributed by atoms with Crippen LogP contribution in [0.4, 0.5) is 8.78 Å². The zero-order chi connectivity index (χ0) is 21.0. The fourth-order valence-corrected chi connectivity index (χ4v) is 2.48. The molecule has 0 aliphatic heterocycles. The van der Waals surface area contributed by atoms with Crippen LogP contribution in [-0.4, -0.2) is 35.0 Å². The number of carbonyl (C=O) groups excluding carboxylic acids is 2. The Morgan fingerprint density at radius 2 is 1.86 bits per heavy atom. The molecule has 0 bridgehead atoms. The standard InChI is InChI=1S/C19H12ClF2N3O4/c1-28-19(27)14-9-23-25(16-7-6-13(21)8-15(16)22)17(14)10-24-29-18(26)11-2-4-12(20)5-3-11/h2-10H,1H3/b24-10+. The highest BCUT2D eigenvalue weighted by molar-refractivity contribution is 6.30. The topological polar surface area (TPSA) is 82.8 Å². The first-order valence-electron chi connectivity index (χ1n) is 8.02. The normalized spacial score (nSPS) is 10.9. The van der Waals surface area contributed by atoms with Crippen molar-refractivity contribution in [1.29, 1.82) is 0 Å². The summed E-state index contributed by atoms with van der Waals surface area (Å²) in [5.74, 6) is -3.25. The molecule has 0 fully saturated rings. The number of rotatable bonds is 5. The minimum Gasteiger partial charge on any atom is -0.465 e. The highest BCUT2D eigenvalue weighted by Gasteiger charge is 2.20. The minimum atomic E-state index is -0.919. The first kappa shape index (κ1) is 20.2. The summed E-state index contributed by atoms with van der Waals surface area (Å²) in [6.07, 6.45) is 2.12. The van der Waals surface area contributed by atoms with Crippen LogP contribution in [0.2, 0.25) is 5.02 Å². The van der Waals surface area contributed by atoms with Crippen LogP contribution in [0.25, 0.3) is 5.69 Å². The molecule has 3 rings (SSSR count). The van der Waals surface area contributed by atoms with Crippen molar-refractivity contribution in [3.63, 3.8) is 0 Å². The van der Waals surface area contributed by atoms with E-state index in [2.05, 4.69) is 15.0 Å². The molecule has 148 valence electrons. The number of oxime groups is 1. The van der Waals surface area contributed by atoms with E-state index in [4.69, 9.17) is 16.4 Å². The molecule has 0 aliphatic carbocycles. The zero-order valence-electron chi connectivity index (χ0n) is 14.8. The number of hydrogen-bond acceptors (Lipinski definition) is 6. The fourth-order valence-electron chi connectivity index (χ4n) is 2.36. The van der Waals surface area contributed by atoms with Crippen LogP contribution >= 0.6 is 11.6 Å². The molecule has 0 spiro atoms. The largest absolute Gasteiger partial charge is 0.465 e. The van der Waals surface area contributed by atoms with Gasteiger partial charge in [-0.3, -0.25) is 0 Å². The third kappa shape index (κ3) is 4.46. The summed E-state index contributed by atoms with van der Waals surface area (Å²) in [6, 6.07) is 8.72. The van der Waals surface area contributed by atoms with E-state index in [0.29, 0.717) is 11.1 Å². The van der Waals surface area contributed by atoms with E-state index in [1.54, 1.807) is 0 Å². The van der Waals surface area contributed by atoms with Crippen LogP contribution in [0.3, 0.4) is 0 Å². The first-order valence-corrected chi connectivity index (χ1v) is 8.40. The van der Waals surface area contributed by atoms with Crippen LogP contribution in [0, 0.1) is 11.6 Å². The average molecular weight is 420 g/mol. The summed E-state index contributed by atoms with van der Waals surface area (Å²) >= 11 is 5.76. The molecule has 0 radical (unpaired) electrons. The second kappa shape index (κ2) is 8.61. The van der Waals surface area contributed by atoms with Gasteiger partial charge in [-0.2, -0.15) is 5.10 Å². The van der Waals surface area contributed by atoms with Crippen molar-refractivity contribution in [1.82, 2.24) is 9.78 Å². The van der Waals surface area contributed by atoms with Gasteiger partial charge in [0.1, 0.15) is 22.8 Å². The number of hydrogen-bond donors (Lipinski definition) is 0. The lowest BCUT2D eigenvalue weighted by atomic mass is 10.2. The minimum absolute atomic E-state index is 0.0359. The number of esters is 1. The molecule has 29 heavy (non-hydrogen) atoms. The van der Waals surface area contributed by atoms with Gasteiger partial charge in [0, 0.05) is 11.1 Å². The van der Waals surface area contributed by atoms with Crippen molar-refractivity contribution in [3.8, 4) is 5.69 Å². The van der Waals surface area contributed by atoms with Crippen molar-refractivity contribution in [3.05, 3.63) is 82.1 Å². The molecule has 2 aromatic carbocycles. The van der Waals surface area contributed by atoms with Gasteiger partial charge in [-0.15, -0.1) is 0 Å². The molecule has 0 aliphatic rings. The molecule has 0 saturated carbocycles. The Morgan fingerprint density at radius 3 is 2.52 bits per heavy atom. The van der Waals surface area contributed by atoms with Gasteiger partial charge in [0.2, 0.25) is 0 Å². The van der Waals surface area contributed by atoms with E-state index in [1.165, 1.54) is 24.3 Å². The van der Waals surface area contributed by atoms with Gasteiger partial charge in [0.25, 0.3) is 0 Å². The van der Waals surface area contributed by atoms with E-state index in [-0.39, 0.29) is 22.5 Å². The lowest BCUT2D eigenvalue weighted by molar-refractivity contribution is 0.0519. The quantitative estimate of drug-likeness (QED) is 0.272. The Bertz CT molecular complexity index is 1100. The average Bonchev–Trinajstić information content (AvgIpc) is 3.11. The molecule has 7 nitrogen and oxygen atoms in total. The number of aromatic nitrogens is 2. The summed E-state index contributed by atoms with van der Waals surface area (Å²) in [5.41, 5.74) is -0.0568. The lowest BCUT2D eigenvalue weighted by Crippen LogP contribution is -2.10. The highest BCUT2D eigenvalue weighted by atomic mass is 35.5. The van der Waals surface area contributed by atoms with Gasteiger partial charge in [-0.1, -0.05) is 16.8 Å². The maximum absolute atomic E-state index is 14.2. The van der Waals surface area contributed by atoms with Crippen molar-refractivity contribution >= 4 is 29.8 Å². The van der Waals surface area contributed by atoms with Crippen molar-refractivity contribution < 1.29 is 27.9 Å². The summed E-state index contributed by atoms with van der Waals surface area (Å²) < 4.78 is 33.0. The number of methoxy groups -OCH3 is 1. The van der Waals surface area contributed by atoms with Gasteiger partial charge in [0.15, 0.2) is 5.82 Å². The molecule has 0 unspecified atom stereocenters. The maximum Gasteiger partial charge on any atom is 0.365 e. The summed E-state index contributed by atoms with van der Waals surface area (Å²) in [4.78, 5) is 28.8. The van der Waals surface area contributed by atoms with Crippen LogP contribution in [-0.2, 0) is 9.57 Å². The smallest absolute Gasteiger partial charge is 0.365 e. The fraction of sp³-hybridized carbons (Fsp3) is 0.0526. The molecule has 1 aromatic heterocycles. The molecule has 0 atom stereocenters. The third-order valence-corrected chi connectivity index (χ3v) is 3.99. The van der Waals surface area contributed by atoms with E-state index < -0.39 is 23.6 Å². The molecule has 0 amide bonds. The molecular weight excluding hydrogens is 408 g/mol. The van der Waals surface area contributed by atoms with Gasteiger partial charge < -0.3 is 9.57 Å². The van der Waals surface area contributed by atoms with Gasteiger partial charge in [-0.05, 0) is 36.4 Å². The molecule has 10 heteroatoms. The SMILES string of the molecule is COC(=O)c1cnn(-c2ccc(F)cc2F)c1/C=N/OC(=O)c1ccc(Cl)cc1. The molecule has 1 heterocycles. The summed E-state index contributed by atoms with van der Waals surface area (Å²) in [6.45, 7) is 0. The predicted octanol–water partition coefficient (Wildman–Crippen LogP) is 3.78. The van der Waals surface area contributed by atoms with Gasteiger partial charge in [0.05, 0.1) is 25.1 Å². The third-order valence-electron chi connectivity index (χ3n) is 3.74. The summed E-state index contributed by atoms with van der Waals surface area (Å²) in [7, 11) is 1.15. The zero-order valence-corrected chi connectivity index (χ0v) is 15.6. The van der Waals surface area contributed by atoms with Gasteiger partial charge in [-0.25, -0.2) is 23.1 Å². The molecule has 0 N–H and O–H groups in total. The van der Waals surface area contributed by atoms with Crippen molar-refractivity contribution in [2.45, 2.75) is 0 Å². The van der Waals surface area contributed by atoms with E-state index >= 15 is 0 Å². The van der Waals surface area contributed by atoms with E-state index in [0.717, 1.165) is 36.3 Å². The monoisotopic (exact) mass is 419 g/mol. The second-order valence-corrected chi connectivity index (χ2v) is 6.00. The van der Waals surface area contributed by atoms with Crippen molar-refractivity contribution in [2.75, 3.05) is 7.11 Å². The van der Waals surface area contributed by atoms with Crippen molar-refractivity contribution in [2.24, 2.45) is 5.16 Å². The van der Waals surface area contributed by atoms with Crippen LogP contribution < -0.4 is 0 Å². The highest BCUT2D eigenvalue weighted by Crippen LogP contribution is 2.19. The first-order chi connectivity index (χ1) is 13.9. The maximum atomic E-state index is 14.2. The van der Waals surface area contributed by atoms with Gasteiger partial charge >= 0.3 is 11.9 Å². The predicted molar refractivity (Wildman–Crippen MR) is 99.3 cm³/mol. The van der Waals surface area contributed by atoms with Crippen LogP contribution in [0.15, 0.2) is 53.8 Å². The number of halogens is 3. The lowest BCUT2D eigenvalue weighted by Gasteiger charge is -2.07. The number of nitrogens with zero attached hydrogens (tertiary/aromatic N) is 3. The Morgan fingerprint density at radius 1 is 1.14 bits per heavy atom. The molecular formula is C19H12ClF2N3O4. The number of benzene rings is 2. The Labute approximate surface area is 168 Å². The Hall–Kier alpha value is -3.59. The Kier molecular flexibility index (Phi) is 5.99. The van der Waals surface area contributed by atoms with Crippen LogP contribution in [0.1, 0.15) is 26.4 Å². The number of ether oxygens (including phenoxy) is 1. The van der Waals surface area contributed by atoms with E-state index in [1.807, 2.05) is 0 Å². The summed E-state index contributed by atoms with van der Waals surface area (Å²) in [5, 5.41) is 7.91. The molecule has 3 aromatic rings. The number of carbonyl (C=O) groups is 2. The second-order valence-electron chi connectivity index (χ2n) is 5.56. The Balaban J connectivity index is 1.93. The van der Waals surface area contributed by atoms with E-state index in [9.17, 15) is 18.4 Å². The molecule has 0 saturated heterocycles.